The van der Waals surface area contributed by atoms with Crippen molar-refractivity contribution in [3.63, 3.8) is 0 Å². The Bertz CT molecular complexity index is 798. The molecule has 1 unspecified atom stereocenters. The Kier molecular flexibility index (Phi) is 4.42. The van der Waals surface area contributed by atoms with Gasteiger partial charge in [0.05, 0.1) is 0 Å². The van der Waals surface area contributed by atoms with Crippen molar-refractivity contribution in [2.75, 3.05) is 19.6 Å². The summed E-state index contributed by atoms with van der Waals surface area (Å²) in [6.45, 7) is 5.84. The molecule has 1 aliphatic rings. The van der Waals surface area contributed by atoms with Crippen LogP contribution < -0.4 is 5.32 Å². The highest BCUT2D eigenvalue weighted by molar-refractivity contribution is 7.14. The first-order valence-corrected chi connectivity index (χ1v) is 8.97. The van der Waals surface area contributed by atoms with Crippen LogP contribution in [0.15, 0.2) is 47.3 Å². The van der Waals surface area contributed by atoms with Gasteiger partial charge in [-0.25, -0.2) is 4.98 Å². The molecule has 24 heavy (non-hydrogen) atoms. The summed E-state index contributed by atoms with van der Waals surface area (Å²) in [6.07, 6.45) is 5.76. The highest BCUT2D eigenvalue weighted by Gasteiger charge is 2.24. The lowest BCUT2D eigenvalue weighted by molar-refractivity contribution is 0.155. The van der Waals surface area contributed by atoms with Crippen LogP contribution in [-0.2, 0) is 6.54 Å². The molecule has 3 aromatic heterocycles. The van der Waals surface area contributed by atoms with E-state index < -0.39 is 0 Å². The third-order valence-corrected chi connectivity index (χ3v) is 5.28. The largest absolute Gasteiger partial charge is 0.459 e. The fraction of sp³-hybridized carbons (Fsp3) is 0.333. The fourth-order valence-corrected chi connectivity index (χ4v) is 3.98. The lowest BCUT2D eigenvalue weighted by Gasteiger charge is -2.35. The number of rotatable bonds is 4. The Balaban J connectivity index is 1.52. The lowest BCUT2D eigenvalue weighted by atomic mass is 10.1. The summed E-state index contributed by atoms with van der Waals surface area (Å²) in [4.78, 5) is 12.6. The number of aromatic nitrogens is 2. The van der Waals surface area contributed by atoms with E-state index in [4.69, 9.17) is 4.42 Å². The molecule has 0 amide bonds. The number of thiazole rings is 1. The van der Waals surface area contributed by atoms with E-state index in [0.29, 0.717) is 6.04 Å². The van der Waals surface area contributed by atoms with Gasteiger partial charge in [-0.1, -0.05) is 6.07 Å². The van der Waals surface area contributed by atoms with Gasteiger partial charge in [-0.05, 0) is 30.7 Å². The van der Waals surface area contributed by atoms with Crippen molar-refractivity contribution in [2.45, 2.75) is 19.5 Å². The number of aryl methyl sites for hydroxylation is 1. The van der Waals surface area contributed by atoms with Gasteiger partial charge in [0.25, 0.3) is 0 Å². The van der Waals surface area contributed by atoms with Gasteiger partial charge in [-0.15, -0.1) is 11.3 Å². The molecule has 0 bridgehead atoms. The van der Waals surface area contributed by atoms with Crippen LogP contribution in [-0.4, -0.2) is 34.5 Å². The van der Waals surface area contributed by atoms with E-state index in [2.05, 4.69) is 26.3 Å². The van der Waals surface area contributed by atoms with Crippen molar-refractivity contribution in [3.05, 3.63) is 59.1 Å². The molecule has 1 N–H and O–H groups in total. The van der Waals surface area contributed by atoms with Crippen molar-refractivity contribution in [2.24, 2.45) is 0 Å². The second-order valence-corrected chi connectivity index (χ2v) is 7.13. The van der Waals surface area contributed by atoms with E-state index in [9.17, 15) is 0 Å². The summed E-state index contributed by atoms with van der Waals surface area (Å²) >= 11 is 1.71. The summed E-state index contributed by atoms with van der Waals surface area (Å²) in [7, 11) is 0. The highest BCUT2D eigenvalue weighted by Crippen LogP contribution is 2.30. The summed E-state index contributed by atoms with van der Waals surface area (Å²) in [5.41, 5.74) is 1.26. The molecule has 0 aromatic carbocycles. The molecule has 1 aliphatic heterocycles. The molecule has 4 heterocycles. The first-order valence-electron chi connectivity index (χ1n) is 8.16. The van der Waals surface area contributed by atoms with Gasteiger partial charge in [-0.3, -0.25) is 9.88 Å². The number of pyridine rings is 1. The highest BCUT2D eigenvalue weighted by atomic mass is 32.1. The minimum absolute atomic E-state index is 0.351. The van der Waals surface area contributed by atoms with Crippen molar-refractivity contribution >= 4 is 11.3 Å². The number of hydrogen-bond acceptors (Lipinski definition) is 6. The third kappa shape index (κ3) is 3.26. The van der Waals surface area contributed by atoms with Crippen molar-refractivity contribution in [3.8, 4) is 10.8 Å². The van der Waals surface area contributed by atoms with E-state index >= 15 is 0 Å². The molecule has 0 spiro atoms. The van der Waals surface area contributed by atoms with Crippen LogP contribution in [0.3, 0.4) is 0 Å². The van der Waals surface area contributed by atoms with Gasteiger partial charge in [0, 0.05) is 55.7 Å². The van der Waals surface area contributed by atoms with E-state index in [0.717, 1.165) is 42.7 Å². The molecule has 1 fully saturated rings. The van der Waals surface area contributed by atoms with Crippen LogP contribution in [0, 0.1) is 6.92 Å². The topological polar surface area (TPSA) is 54.2 Å². The maximum Gasteiger partial charge on any atom is 0.162 e. The van der Waals surface area contributed by atoms with Crippen LogP contribution in [0.1, 0.15) is 22.2 Å². The number of hydrogen-bond donors (Lipinski definition) is 1. The zero-order valence-electron chi connectivity index (χ0n) is 13.6. The van der Waals surface area contributed by atoms with Crippen molar-refractivity contribution in [1.29, 1.82) is 0 Å². The van der Waals surface area contributed by atoms with Gasteiger partial charge in [0.2, 0.25) is 0 Å². The minimum atomic E-state index is 0.351. The summed E-state index contributed by atoms with van der Waals surface area (Å²) in [5, 5.41) is 4.44. The van der Waals surface area contributed by atoms with Crippen molar-refractivity contribution < 1.29 is 4.42 Å². The maximum atomic E-state index is 5.68. The second kappa shape index (κ2) is 6.84. The molecule has 4 rings (SSSR count). The van der Waals surface area contributed by atoms with Crippen LogP contribution in [0.5, 0.6) is 0 Å². The summed E-state index contributed by atoms with van der Waals surface area (Å²) < 4.78 is 5.68. The molecular weight excluding hydrogens is 320 g/mol. The fourth-order valence-electron chi connectivity index (χ4n) is 3.08. The van der Waals surface area contributed by atoms with Crippen LogP contribution in [0.2, 0.25) is 0 Å². The standard InChI is InChI=1S/C18H20N4OS/c1-13-4-5-17(23-13)18-21-10-15(24-18)12-22-8-7-20-11-16(22)14-3-2-6-19-9-14/h2-6,9-10,16,20H,7-8,11-12H2,1H3. The normalized spacial score (nSPS) is 18.8. The van der Waals surface area contributed by atoms with Crippen molar-refractivity contribution in [1.82, 2.24) is 20.2 Å². The molecule has 0 saturated carbocycles. The first kappa shape index (κ1) is 15.5. The van der Waals surface area contributed by atoms with E-state index in [1.807, 2.05) is 43.7 Å². The van der Waals surface area contributed by atoms with E-state index in [1.165, 1.54) is 10.4 Å². The van der Waals surface area contributed by atoms with Gasteiger partial charge >= 0.3 is 0 Å². The molecular formula is C18H20N4OS. The second-order valence-electron chi connectivity index (χ2n) is 6.02. The van der Waals surface area contributed by atoms with E-state index in [1.54, 1.807) is 11.3 Å². The smallest absolute Gasteiger partial charge is 0.162 e. The molecule has 124 valence electrons. The number of furan rings is 1. The van der Waals surface area contributed by atoms with Crippen LogP contribution >= 0.6 is 11.3 Å². The number of nitrogens with one attached hydrogen (secondary N) is 1. The van der Waals surface area contributed by atoms with E-state index in [-0.39, 0.29) is 0 Å². The number of piperazine rings is 1. The first-order chi connectivity index (χ1) is 11.8. The Hall–Kier alpha value is -2.02. The molecule has 3 aromatic rings. The monoisotopic (exact) mass is 340 g/mol. The molecule has 1 atom stereocenters. The van der Waals surface area contributed by atoms with Crippen LogP contribution in [0.25, 0.3) is 10.8 Å². The van der Waals surface area contributed by atoms with Gasteiger partial charge in [-0.2, -0.15) is 0 Å². The average Bonchev–Trinajstić information content (AvgIpc) is 3.25. The Morgan fingerprint density at radius 3 is 3.08 bits per heavy atom. The maximum absolute atomic E-state index is 5.68. The Morgan fingerprint density at radius 2 is 2.29 bits per heavy atom. The zero-order chi connectivity index (χ0) is 16.4. The Morgan fingerprint density at radius 1 is 1.33 bits per heavy atom. The quantitative estimate of drug-likeness (QED) is 0.790. The average molecular weight is 340 g/mol. The molecule has 1 saturated heterocycles. The molecule has 0 radical (unpaired) electrons. The van der Waals surface area contributed by atoms with Crippen LogP contribution in [0.4, 0.5) is 0 Å². The predicted octanol–water partition coefficient (Wildman–Crippen LogP) is 3.25. The molecule has 0 aliphatic carbocycles. The molecule has 5 nitrogen and oxygen atoms in total. The summed E-state index contributed by atoms with van der Waals surface area (Å²) in [6, 6.07) is 8.48. The number of nitrogens with zero attached hydrogens (tertiary/aromatic N) is 3. The summed E-state index contributed by atoms with van der Waals surface area (Å²) in [5.74, 6) is 1.77. The van der Waals surface area contributed by atoms with Gasteiger partial charge in [0.15, 0.2) is 10.8 Å². The Labute approximate surface area is 145 Å². The predicted molar refractivity (Wildman–Crippen MR) is 94.8 cm³/mol. The SMILES string of the molecule is Cc1ccc(-c2ncc(CN3CCNCC3c3cccnc3)s2)o1. The minimum Gasteiger partial charge on any atom is -0.459 e. The lowest BCUT2D eigenvalue weighted by Crippen LogP contribution is -2.45. The zero-order valence-corrected chi connectivity index (χ0v) is 14.4. The third-order valence-electron chi connectivity index (χ3n) is 4.29. The van der Waals surface area contributed by atoms with Gasteiger partial charge in [0.1, 0.15) is 5.76 Å². The molecule has 6 heteroatoms. The van der Waals surface area contributed by atoms with Gasteiger partial charge < -0.3 is 9.73 Å².